The quantitative estimate of drug-likeness (QED) is 0.164. The second-order valence-corrected chi connectivity index (χ2v) is 9.97. The highest BCUT2D eigenvalue weighted by molar-refractivity contribution is 8.00. The van der Waals surface area contributed by atoms with Crippen molar-refractivity contribution in [2.45, 2.75) is 18.9 Å². The number of hydrogen-bond donors (Lipinski definition) is 0. The van der Waals surface area contributed by atoms with Crippen LogP contribution in [0.5, 0.6) is 0 Å². The minimum Gasteiger partial charge on any atom is -0.465 e. The minimum atomic E-state index is -0.502. The van der Waals surface area contributed by atoms with Crippen molar-refractivity contribution < 1.29 is 14.3 Å². The molecule has 1 aromatic heterocycles. The predicted octanol–water partition coefficient (Wildman–Crippen LogP) is 6.94. The van der Waals surface area contributed by atoms with E-state index in [4.69, 9.17) is 21.3 Å². The third-order valence-corrected chi connectivity index (χ3v) is 7.19. The van der Waals surface area contributed by atoms with Crippen LogP contribution >= 0.6 is 23.4 Å². The number of esters is 1. The van der Waals surface area contributed by atoms with Gasteiger partial charge in [-0.05, 0) is 38.1 Å². The Morgan fingerprint density at radius 2 is 1.69 bits per heavy atom. The highest BCUT2D eigenvalue weighted by Gasteiger charge is 2.23. The van der Waals surface area contributed by atoms with Crippen molar-refractivity contribution in [1.82, 2.24) is 4.98 Å². The number of rotatable bonds is 9. The van der Waals surface area contributed by atoms with Crippen LogP contribution in [-0.2, 0) is 14.3 Å². The number of carbonyl (C=O) groups is 2. The van der Waals surface area contributed by atoms with Crippen molar-refractivity contribution in [3.8, 4) is 28.5 Å². The van der Waals surface area contributed by atoms with Gasteiger partial charge in [0.1, 0.15) is 17.6 Å². The molecular weight excluding hydrogens is 530 g/mol. The Morgan fingerprint density at radius 1 is 1.00 bits per heavy atom. The van der Waals surface area contributed by atoms with E-state index in [0.717, 1.165) is 22.9 Å². The average molecular weight is 556 g/mol. The third kappa shape index (κ3) is 6.85. The van der Waals surface area contributed by atoms with E-state index in [1.807, 2.05) is 61.5 Å². The first-order valence-corrected chi connectivity index (χ1v) is 13.7. The van der Waals surface area contributed by atoms with Crippen LogP contribution in [0.25, 0.3) is 22.4 Å². The van der Waals surface area contributed by atoms with Gasteiger partial charge in [-0.1, -0.05) is 89.6 Å². The number of halogens is 1. The van der Waals surface area contributed by atoms with Gasteiger partial charge in [0, 0.05) is 27.4 Å². The lowest BCUT2D eigenvalue weighted by Gasteiger charge is -2.22. The van der Waals surface area contributed by atoms with E-state index >= 15 is 0 Å². The number of pyridine rings is 1. The van der Waals surface area contributed by atoms with Crippen molar-refractivity contribution in [2.75, 3.05) is 23.8 Å². The standard InChI is InChI=1S/C31H26ClN3O3S/c1-3-38-30(37)19-35(23-9-5-4-6-10-23)29(36)20-39-31-26(18-33)25(24-11-7-8-12-27(24)32)17-28(34-31)22-15-13-21(2)14-16-22/h4-17H,3,19-20H2,1-2H3. The van der Waals surface area contributed by atoms with Gasteiger partial charge in [0.25, 0.3) is 0 Å². The molecule has 0 N–H and O–H groups in total. The summed E-state index contributed by atoms with van der Waals surface area (Å²) in [4.78, 5) is 31.9. The predicted molar refractivity (Wildman–Crippen MR) is 156 cm³/mol. The van der Waals surface area contributed by atoms with Crippen molar-refractivity contribution in [1.29, 1.82) is 5.26 Å². The molecule has 0 saturated carbocycles. The summed E-state index contributed by atoms with van der Waals surface area (Å²) in [5.41, 5.74) is 4.89. The fourth-order valence-electron chi connectivity index (χ4n) is 3.97. The van der Waals surface area contributed by atoms with Crippen LogP contribution in [0.15, 0.2) is 90.0 Å². The first kappa shape index (κ1) is 27.9. The number of aryl methyl sites for hydroxylation is 1. The van der Waals surface area contributed by atoms with Crippen LogP contribution in [-0.4, -0.2) is 35.8 Å². The molecule has 1 amide bonds. The fourth-order valence-corrected chi connectivity index (χ4v) is 5.09. The monoisotopic (exact) mass is 555 g/mol. The van der Waals surface area contributed by atoms with Gasteiger partial charge >= 0.3 is 5.97 Å². The number of thioether (sulfide) groups is 1. The number of nitriles is 1. The summed E-state index contributed by atoms with van der Waals surface area (Å²) < 4.78 is 5.08. The molecule has 3 aromatic carbocycles. The second kappa shape index (κ2) is 13.1. The van der Waals surface area contributed by atoms with Crippen LogP contribution in [0.4, 0.5) is 5.69 Å². The summed E-state index contributed by atoms with van der Waals surface area (Å²) in [6.45, 7) is 3.72. The van der Waals surface area contributed by atoms with Crippen LogP contribution in [0.1, 0.15) is 18.1 Å². The molecule has 0 aliphatic heterocycles. The van der Waals surface area contributed by atoms with Gasteiger partial charge in [0.2, 0.25) is 5.91 Å². The largest absolute Gasteiger partial charge is 0.465 e. The Kier molecular flexibility index (Phi) is 9.37. The number of benzene rings is 3. The fraction of sp³-hybridized carbons (Fsp3) is 0.161. The molecule has 4 aromatic rings. The van der Waals surface area contributed by atoms with Crippen LogP contribution in [0, 0.1) is 18.3 Å². The number of ether oxygens (including phenoxy) is 1. The van der Waals surface area contributed by atoms with E-state index in [0.29, 0.717) is 38.1 Å². The van der Waals surface area contributed by atoms with Gasteiger partial charge in [-0.2, -0.15) is 5.26 Å². The zero-order valence-corrected chi connectivity index (χ0v) is 23.1. The smallest absolute Gasteiger partial charge is 0.326 e. The first-order valence-electron chi connectivity index (χ1n) is 12.3. The Hall–Kier alpha value is -4.12. The highest BCUT2D eigenvalue weighted by atomic mass is 35.5. The third-order valence-electron chi connectivity index (χ3n) is 5.90. The number of aromatic nitrogens is 1. The number of anilines is 1. The molecule has 0 atom stereocenters. The summed E-state index contributed by atoms with van der Waals surface area (Å²) >= 11 is 7.68. The molecule has 6 nitrogen and oxygen atoms in total. The number of para-hydroxylation sites is 1. The first-order chi connectivity index (χ1) is 18.9. The topological polar surface area (TPSA) is 83.3 Å². The molecule has 0 unspecified atom stereocenters. The normalized spacial score (nSPS) is 10.5. The molecule has 39 heavy (non-hydrogen) atoms. The molecule has 0 radical (unpaired) electrons. The molecule has 1 heterocycles. The zero-order valence-electron chi connectivity index (χ0n) is 21.6. The van der Waals surface area contributed by atoms with Crippen molar-refractivity contribution in [3.63, 3.8) is 0 Å². The maximum Gasteiger partial charge on any atom is 0.326 e. The van der Waals surface area contributed by atoms with Gasteiger partial charge in [-0.15, -0.1) is 0 Å². The lowest BCUT2D eigenvalue weighted by atomic mass is 9.99. The molecule has 4 rings (SSSR count). The number of hydrogen-bond acceptors (Lipinski definition) is 6. The summed E-state index contributed by atoms with van der Waals surface area (Å²) in [6, 6.07) is 28.3. The summed E-state index contributed by atoms with van der Waals surface area (Å²) in [7, 11) is 0. The van der Waals surface area contributed by atoms with Gasteiger partial charge in [-0.3, -0.25) is 9.59 Å². The summed E-state index contributed by atoms with van der Waals surface area (Å²) in [5, 5.41) is 11.1. The maximum atomic E-state index is 13.4. The highest BCUT2D eigenvalue weighted by Crippen LogP contribution is 2.37. The summed E-state index contributed by atoms with van der Waals surface area (Å²) in [6.07, 6.45) is 0. The van der Waals surface area contributed by atoms with Crippen LogP contribution in [0.3, 0.4) is 0 Å². The average Bonchev–Trinajstić information content (AvgIpc) is 2.95. The second-order valence-electron chi connectivity index (χ2n) is 8.60. The van der Waals surface area contributed by atoms with Crippen LogP contribution < -0.4 is 4.90 Å². The van der Waals surface area contributed by atoms with Gasteiger partial charge < -0.3 is 9.64 Å². The molecule has 196 valence electrons. The SMILES string of the molecule is CCOC(=O)CN(C(=O)CSc1nc(-c2ccc(C)cc2)cc(-c2ccccc2Cl)c1C#N)c1ccccc1. The Bertz CT molecular complexity index is 1520. The van der Waals surface area contributed by atoms with E-state index in [-0.39, 0.29) is 24.8 Å². The van der Waals surface area contributed by atoms with Crippen molar-refractivity contribution >= 4 is 40.9 Å². The number of amides is 1. The Morgan fingerprint density at radius 3 is 2.36 bits per heavy atom. The van der Waals surface area contributed by atoms with Gasteiger partial charge in [0.05, 0.1) is 23.6 Å². The van der Waals surface area contributed by atoms with Gasteiger partial charge in [-0.25, -0.2) is 4.98 Å². The van der Waals surface area contributed by atoms with E-state index < -0.39 is 5.97 Å². The number of nitrogens with zero attached hydrogens (tertiary/aromatic N) is 3. The lowest BCUT2D eigenvalue weighted by Crippen LogP contribution is -2.37. The molecule has 0 fully saturated rings. The van der Waals surface area contributed by atoms with E-state index in [2.05, 4.69) is 6.07 Å². The molecule has 0 aliphatic carbocycles. The van der Waals surface area contributed by atoms with E-state index in [9.17, 15) is 14.9 Å². The molecule has 8 heteroatoms. The van der Waals surface area contributed by atoms with Crippen molar-refractivity contribution in [3.05, 3.63) is 101 Å². The van der Waals surface area contributed by atoms with Crippen molar-refractivity contribution in [2.24, 2.45) is 0 Å². The van der Waals surface area contributed by atoms with Gasteiger partial charge in [0.15, 0.2) is 0 Å². The maximum absolute atomic E-state index is 13.4. The van der Waals surface area contributed by atoms with Crippen LogP contribution in [0.2, 0.25) is 5.02 Å². The Labute approximate surface area is 237 Å². The molecule has 0 spiro atoms. The Balaban J connectivity index is 1.73. The minimum absolute atomic E-state index is 0.0463. The molecule has 0 aliphatic rings. The summed E-state index contributed by atoms with van der Waals surface area (Å²) in [5.74, 6) is -0.863. The lowest BCUT2D eigenvalue weighted by molar-refractivity contribution is -0.142. The van der Waals surface area contributed by atoms with E-state index in [1.54, 1.807) is 37.3 Å². The zero-order chi connectivity index (χ0) is 27.8. The molecular formula is C31H26ClN3O3S. The molecule has 0 saturated heterocycles. The van der Waals surface area contributed by atoms with E-state index in [1.165, 1.54) is 4.90 Å². The molecule has 0 bridgehead atoms. The number of carbonyl (C=O) groups excluding carboxylic acids is 2.